The fraction of sp³-hybridized carbons (Fsp3) is 0.300. The highest BCUT2D eigenvalue weighted by atomic mass is 19.4. The van der Waals surface area contributed by atoms with Crippen LogP contribution in [0.25, 0.3) is 0 Å². The van der Waals surface area contributed by atoms with Crippen LogP contribution in [-0.4, -0.2) is 25.9 Å². The Balaban J connectivity index is 1.98. The van der Waals surface area contributed by atoms with Crippen molar-refractivity contribution in [3.8, 4) is 0 Å². The van der Waals surface area contributed by atoms with Crippen LogP contribution in [0.3, 0.4) is 0 Å². The second-order valence-corrected chi connectivity index (χ2v) is 3.83. The molecule has 0 unspecified atom stereocenters. The Morgan fingerprint density at radius 3 is 2.79 bits per heavy atom. The highest BCUT2D eigenvalue weighted by Crippen LogP contribution is 2.27. The predicted octanol–water partition coefficient (Wildman–Crippen LogP) is 1.09. The van der Waals surface area contributed by atoms with Crippen molar-refractivity contribution >= 4 is 5.91 Å². The predicted molar refractivity (Wildman–Crippen MR) is 58.0 cm³/mol. The summed E-state index contributed by atoms with van der Waals surface area (Å²) < 4.78 is 38.5. The molecule has 0 aliphatic heterocycles. The van der Waals surface area contributed by atoms with Crippen molar-refractivity contribution in [1.82, 2.24) is 25.3 Å². The Morgan fingerprint density at radius 2 is 2.26 bits per heavy atom. The van der Waals surface area contributed by atoms with Crippen LogP contribution in [0.2, 0.25) is 0 Å². The molecular weight excluding hydrogens is 263 g/mol. The third-order valence-electron chi connectivity index (χ3n) is 2.31. The largest absolute Gasteiger partial charge is 0.432 e. The first-order valence-electron chi connectivity index (χ1n) is 5.25. The number of carbonyl (C=O) groups is 1. The van der Waals surface area contributed by atoms with Gasteiger partial charge in [-0.15, -0.1) is 0 Å². The van der Waals surface area contributed by atoms with E-state index in [0.717, 1.165) is 0 Å². The van der Waals surface area contributed by atoms with E-state index in [-0.39, 0.29) is 12.2 Å². The first-order valence-corrected chi connectivity index (χ1v) is 5.25. The average molecular weight is 273 g/mol. The van der Waals surface area contributed by atoms with Crippen LogP contribution in [0.4, 0.5) is 13.2 Å². The number of aryl methyl sites for hydroxylation is 1. The molecule has 0 spiro atoms. The first-order chi connectivity index (χ1) is 8.86. The summed E-state index contributed by atoms with van der Waals surface area (Å²) in [6.07, 6.45) is -2.86. The molecule has 0 atom stereocenters. The number of hydrogen-bond acceptors (Lipinski definition) is 3. The van der Waals surface area contributed by atoms with Gasteiger partial charge in [-0.25, -0.2) is 0 Å². The number of alkyl halides is 3. The topological polar surface area (TPSA) is 75.6 Å². The zero-order chi connectivity index (χ0) is 14.0. The highest BCUT2D eigenvalue weighted by Gasteiger charge is 2.33. The fourth-order valence-electron chi connectivity index (χ4n) is 1.40. The number of amides is 1. The Bertz CT molecular complexity index is 586. The summed E-state index contributed by atoms with van der Waals surface area (Å²) in [5, 5.41) is 11.5. The molecule has 0 aliphatic rings. The summed E-state index contributed by atoms with van der Waals surface area (Å²) in [5.41, 5.74) is -0.777. The molecule has 2 N–H and O–H groups in total. The molecule has 6 nitrogen and oxygen atoms in total. The van der Waals surface area contributed by atoms with Crippen molar-refractivity contribution in [2.45, 2.75) is 12.7 Å². The number of nitrogens with zero attached hydrogens (tertiary/aromatic N) is 3. The third kappa shape index (κ3) is 3.12. The van der Waals surface area contributed by atoms with Crippen LogP contribution in [0, 0.1) is 0 Å². The van der Waals surface area contributed by atoms with Gasteiger partial charge < -0.3 is 5.32 Å². The van der Waals surface area contributed by atoms with Gasteiger partial charge in [-0.05, 0) is 6.07 Å². The van der Waals surface area contributed by atoms with E-state index in [1.165, 1.54) is 0 Å². The SMILES string of the molecule is Cn1ccc(CNC(=O)c2cc(C(F)(F)F)[nH]n2)n1. The lowest BCUT2D eigenvalue weighted by Gasteiger charge is -2.00. The van der Waals surface area contributed by atoms with Crippen LogP contribution in [0.5, 0.6) is 0 Å². The molecule has 2 aromatic heterocycles. The van der Waals surface area contributed by atoms with Gasteiger partial charge in [0.05, 0.1) is 12.2 Å². The number of aromatic amines is 1. The molecule has 2 rings (SSSR count). The number of carbonyl (C=O) groups excluding carboxylic acids is 1. The Labute approximate surface area is 105 Å². The van der Waals surface area contributed by atoms with Gasteiger partial charge in [0, 0.05) is 19.3 Å². The Morgan fingerprint density at radius 1 is 1.53 bits per heavy atom. The van der Waals surface area contributed by atoms with E-state index in [1.54, 1.807) is 29.1 Å². The van der Waals surface area contributed by atoms with Gasteiger partial charge in [0.25, 0.3) is 5.91 Å². The zero-order valence-electron chi connectivity index (χ0n) is 9.82. The van der Waals surface area contributed by atoms with Crippen molar-refractivity contribution < 1.29 is 18.0 Å². The maximum absolute atomic E-state index is 12.3. The number of halogens is 3. The molecule has 0 bridgehead atoms. The normalized spacial score (nSPS) is 11.6. The van der Waals surface area contributed by atoms with E-state index < -0.39 is 17.8 Å². The van der Waals surface area contributed by atoms with Gasteiger partial charge in [0.2, 0.25) is 0 Å². The molecule has 0 saturated heterocycles. The van der Waals surface area contributed by atoms with Crippen molar-refractivity contribution in [2.75, 3.05) is 0 Å². The quantitative estimate of drug-likeness (QED) is 0.879. The lowest BCUT2D eigenvalue weighted by Crippen LogP contribution is -2.23. The standard InChI is InChI=1S/C10H10F3N5O/c1-18-3-2-6(17-18)5-14-9(19)7-4-8(16-15-7)10(11,12)13/h2-4H,5H2,1H3,(H,14,19)(H,15,16). The number of hydrogen-bond donors (Lipinski definition) is 2. The maximum atomic E-state index is 12.3. The molecular formula is C10H10F3N5O. The summed E-state index contributed by atoms with van der Waals surface area (Å²) in [4.78, 5) is 11.6. The molecule has 0 saturated carbocycles. The molecule has 1 amide bonds. The van der Waals surface area contributed by atoms with Crippen LogP contribution < -0.4 is 5.32 Å². The molecule has 19 heavy (non-hydrogen) atoms. The van der Waals surface area contributed by atoms with E-state index in [9.17, 15) is 18.0 Å². The Hall–Kier alpha value is -2.32. The van der Waals surface area contributed by atoms with E-state index in [2.05, 4.69) is 15.5 Å². The summed E-state index contributed by atoms with van der Waals surface area (Å²) in [5.74, 6) is -0.697. The Kier molecular flexibility index (Phi) is 3.28. The molecule has 0 aromatic carbocycles. The number of nitrogens with one attached hydrogen (secondary N) is 2. The lowest BCUT2D eigenvalue weighted by molar-refractivity contribution is -0.141. The van der Waals surface area contributed by atoms with Gasteiger partial charge in [-0.2, -0.15) is 23.4 Å². The van der Waals surface area contributed by atoms with Crippen molar-refractivity contribution in [2.24, 2.45) is 7.05 Å². The van der Waals surface area contributed by atoms with Crippen LogP contribution in [0.1, 0.15) is 21.9 Å². The molecule has 0 radical (unpaired) electrons. The van der Waals surface area contributed by atoms with Gasteiger partial charge in [0.1, 0.15) is 5.69 Å². The summed E-state index contributed by atoms with van der Waals surface area (Å²) >= 11 is 0. The van der Waals surface area contributed by atoms with E-state index in [0.29, 0.717) is 11.8 Å². The highest BCUT2D eigenvalue weighted by molar-refractivity contribution is 5.92. The van der Waals surface area contributed by atoms with E-state index in [1.807, 2.05) is 0 Å². The van der Waals surface area contributed by atoms with Gasteiger partial charge in [-0.3, -0.25) is 14.6 Å². The van der Waals surface area contributed by atoms with Gasteiger partial charge in [0.15, 0.2) is 5.69 Å². The maximum Gasteiger partial charge on any atom is 0.432 e. The second kappa shape index (κ2) is 4.75. The van der Waals surface area contributed by atoms with Gasteiger partial charge in [-0.1, -0.05) is 0 Å². The zero-order valence-corrected chi connectivity index (χ0v) is 9.82. The minimum atomic E-state index is -4.55. The smallest absolute Gasteiger partial charge is 0.345 e. The number of H-pyrrole nitrogens is 1. The lowest BCUT2D eigenvalue weighted by atomic mass is 10.3. The molecule has 102 valence electrons. The molecule has 9 heteroatoms. The minimum Gasteiger partial charge on any atom is -0.345 e. The van der Waals surface area contributed by atoms with Crippen molar-refractivity contribution in [3.63, 3.8) is 0 Å². The second-order valence-electron chi connectivity index (χ2n) is 3.83. The summed E-state index contributed by atoms with van der Waals surface area (Å²) in [7, 11) is 1.72. The van der Waals surface area contributed by atoms with Crippen LogP contribution in [0.15, 0.2) is 18.3 Å². The average Bonchev–Trinajstić information content (AvgIpc) is 2.93. The third-order valence-corrected chi connectivity index (χ3v) is 2.31. The first kappa shape index (κ1) is 13.1. The molecule has 0 fully saturated rings. The van der Waals surface area contributed by atoms with Gasteiger partial charge >= 0.3 is 6.18 Å². The van der Waals surface area contributed by atoms with Crippen molar-refractivity contribution in [3.05, 3.63) is 35.4 Å². The van der Waals surface area contributed by atoms with Crippen molar-refractivity contribution in [1.29, 1.82) is 0 Å². The molecule has 2 heterocycles. The molecule has 2 aromatic rings. The molecule has 0 aliphatic carbocycles. The van der Waals surface area contributed by atoms with Crippen LogP contribution >= 0.6 is 0 Å². The van der Waals surface area contributed by atoms with E-state index >= 15 is 0 Å². The van der Waals surface area contributed by atoms with E-state index in [4.69, 9.17) is 0 Å². The summed E-state index contributed by atoms with van der Waals surface area (Å²) in [6.45, 7) is 0.119. The monoisotopic (exact) mass is 273 g/mol. The summed E-state index contributed by atoms with van der Waals surface area (Å²) in [6, 6.07) is 2.35. The number of rotatable bonds is 3. The fourth-order valence-corrected chi connectivity index (χ4v) is 1.40. The van der Waals surface area contributed by atoms with Crippen LogP contribution in [-0.2, 0) is 19.8 Å². The number of aromatic nitrogens is 4. The minimum absolute atomic E-state index is 0.119.